The lowest BCUT2D eigenvalue weighted by molar-refractivity contribution is 0.306. The van der Waals surface area contributed by atoms with Gasteiger partial charge in [0.2, 0.25) is 6.04 Å². The predicted molar refractivity (Wildman–Crippen MR) is 76.1 cm³/mol. The highest BCUT2D eigenvalue weighted by Crippen LogP contribution is 2.18. The van der Waals surface area contributed by atoms with Gasteiger partial charge in [0.25, 0.3) is 0 Å². The smallest absolute Gasteiger partial charge is 0.203 e. The van der Waals surface area contributed by atoms with Crippen LogP contribution in [0.2, 0.25) is 0 Å². The van der Waals surface area contributed by atoms with Crippen LogP contribution in [0.1, 0.15) is 22.7 Å². The summed E-state index contributed by atoms with van der Waals surface area (Å²) in [6, 6.07) is 15.8. The highest BCUT2D eigenvalue weighted by Gasteiger charge is 2.09. The maximum absolute atomic E-state index is 10.5. The summed E-state index contributed by atoms with van der Waals surface area (Å²) in [4.78, 5) is 10.5. The second-order valence-corrected chi connectivity index (χ2v) is 4.48. The molecule has 0 aliphatic rings. The fraction of sp³-hybridized carbons (Fsp3) is 0.188. The number of hydrogen-bond acceptors (Lipinski definition) is 4. The van der Waals surface area contributed by atoms with Crippen molar-refractivity contribution in [1.82, 2.24) is 0 Å². The molecule has 0 aliphatic heterocycles. The minimum atomic E-state index is -0.943. The summed E-state index contributed by atoms with van der Waals surface area (Å²) in [7, 11) is 0. The van der Waals surface area contributed by atoms with Gasteiger partial charge in [0.15, 0.2) is 0 Å². The van der Waals surface area contributed by atoms with Crippen molar-refractivity contribution in [2.75, 3.05) is 0 Å². The number of nitrogens with zero attached hydrogens (tertiary/aromatic N) is 2. The highest BCUT2D eigenvalue weighted by atomic mass is 16.5. The lowest BCUT2D eigenvalue weighted by Crippen LogP contribution is -1.97. The zero-order valence-electron chi connectivity index (χ0n) is 11.1. The first-order chi connectivity index (χ1) is 9.72. The topological polar surface area (TPSA) is 62.4 Å². The van der Waals surface area contributed by atoms with E-state index in [0.717, 1.165) is 11.3 Å². The molecule has 0 radical (unpaired) electrons. The van der Waals surface area contributed by atoms with Gasteiger partial charge in [-0.2, -0.15) is 5.26 Å². The number of rotatable bonds is 5. The normalized spacial score (nSPS) is 11.4. The van der Waals surface area contributed by atoms with Crippen LogP contribution in [0.3, 0.4) is 0 Å². The Morgan fingerprint density at radius 3 is 2.35 bits per heavy atom. The molecule has 100 valence electrons. The van der Waals surface area contributed by atoms with E-state index in [1.54, 1.807) is 12.1 Å². The van der Waals surface area contributed by atoms with Gasteiger partial charge in [0, 0.05) is 0 Å². The first-order valence-corrected chi connectivity index (χ1v) is 6.23. The SMILES string of the molecule is Cc1ccc(OCc2ccc(C(C#N)N=O)cc2)cc1. The fourth-order valence-electron chi connectivity index (χ4n) is 1.76. The molecular formula is C16H14N2O2. The minimum Gasteiger partial charge on any atom is -0.489 e. The van der Waals surface area contributed by atoms with Crippen molar-refractivity contribution >= 4 is 0 Å². The van der Waals surface area contributed by atoms with E-state index in [9.17, 15) is 4.91 Å². The van der Waals surface area contributed by atoms with Crippen LogP contribution in [-0.2, 0) is 6.61 Å². The lowest BCUT2D eigenvalue weighted by atomic mass is 10.1. The third kappa shape index (κ3) is 3.42. The van der Waals surface area contributed by atoms with E-state index in [1.165, 1.54) is 5.56 Å². The molecule has 1 unspecified atom stereocenters. The Labute approximate surface area is 117 Å². The molecule has 2 rings (SSSR count). The summed E-state index contributed by atoms with van der Waals surface area (Å²) in [6.07, 6.45) is 0. The summed E-state index contributed by atoms with van der Waals surface area (Å²) < 4.78 is 5.65. The molecule has 0 saturated carbocycles. The molecule has 0 N–H and O–H groups in total. The highest BCUT2D eigenvalue weighted by molar-refractivity contribution is 5.29. The van der Waals surface area contributed by atoms with Crippen molar-refractivity contribution in [1.29, 1.82) is 5.26 Å². The standard InChI is InChI=1S/C16H14N2O2/c1-12-2-8-15(9-3-12)20-11-13-4-6-14(7-5-13)16(10-17)18-19/h2-9,16H,11H2,1H3. The molecule has 4 nitrogen and oxygen atoms in total. The Hall–Kier alpha value is -2.67. The van der Waals surface area contributed by atoms with E-state index >= 15 is 0 Å². The average molecular weight is 266 g/mol. The molecule has 0 bridgehead atoms. The molecule has 0 aromatic heterocycles. The molecule has 0 amide bonds. The van der Waals surface area contributed by atoms with Gasteiger partial charge < -0.3 is 4.74 Å². The Kier molecular flexibility index (Phi) is 4.46. The minimum absolute atomic E-state index is 0.440. The molecular weight excluding hydrogens is 252 g/mol. The third-order valence-corrected chi connectivity index (χ3v) is 2.95. The second-order valence-electron chi connectivity index (χ2n) is 4.48. The molecule has 1 atom stereocenters. The van der Waals surface area contributed by atoms with E-state index in [4.69, 9.17) is 10.00 Å². The van der Waals surface area contributed by atoms with Crippen LogP contribution in [0, 0.1) is 23.2 Å². The molecule has 0 aliphatic carbocycles. The molecule has 0 fully saturated rings. The van der Waals surface area contributed by atoms with Gasteiger partial charge in [0.1, 0.15) is 12.4 Å². The zero-order valence-corrected chi connectivity index (χ0v) is 11.1. The third-order valence-electron chi connectivity index (χ3n) is 2.95. The lowest BCUT2D eigenvalue weighted by Gasteiger charge is -2.07. The second kappa shape index (κ2) is 6.48. The van der Waals surface area contributed by atoms with Gasteiger partial charge in [-0.3, -0.25) is 0 Å². The van der Waals surface area contributed by atoms with Crippen molar-refractivity contribution < 1.29 is 4.74 Å². The summed E-state index contributed by atoms with van der Waals surface area (Å²) in [5, 5.41) is 11.5. The van der Waals surface area contributed by atoms with Crippen LogP contribution in [0.4, 0.5) is 0 Å². The van der Waals surface area contributed by atoms with Crippen LogP contribution >= 0.6 is 0 Å². The maximum atomic E-state index is 10.5. The van der Waals surface area contributed by atoms with Crippen LogP contribution in [0.25, 0.3) is 0 Å². The summed E-state index contributed by atoms with van der Waals surface area (Å²) in [5.74, 6) is 0.809. The fourth-order valence-corrected chi connectivity index (χ4v) is 1.76. The first-order valence-electron chi connectivity index (χ1n) is 6.23. The van der Waals surface area contributed by atoms with E-state index in [0.29, 0.717) is 12.2 Å². The van der Waals surface area contributed by atoms with Crippen molar-refractivity contribution in [2.45, 2.75) is 19.6 Å². The zero-order chi connectivity index (χ0) is 14.4. The number of nitriles is 1. The van der Waals surface area contributed by atoms with Gasteiger partial charge in [-0.25, -0.2) is 0 Å². The van der Waals surface area contributed by atoms with E-state index in [1.807, 2.05) is 49.4 Å². The van der Waals surface area contributed by atoms with Gasteiger partial charge in [-0.05, 0) is 35.4 Å². The summed E-state index contributed by atoms with van der Waals surface area (Å²) >= 11 is 0. The van der Waals surface area contributed by atoms with E-state index in [2.05, 4.69) is 5.18 Å². The number of aryl methyl sites for hydroxylation is 1. The van der Waals surface area contributed by atoms with Crippen molar-refractivity contribution in [3.63, 3.8) is 0 Å². The average Bonchev–Trinajstić information content (AvgIpc) is 2.49. The Balaban J connectivity index is 1.99. The number of ether oxygens (including phenoxy) is 1. The number of benzene rings is 2. The van der Waals surface area contributed by atoms with Gasteiger partial charge >= 0.3 is 0 Å². The molecule has 4 heteroatoms. The van der Waals surface area contributed by atoms with Crippen molar-refractivity contribution in [3.05, 3.63) is 70.1 Å². The molecule has 2 aromatic rings. The molecule has 20 heavy (non-hydrogen) atoms. The van der Waals surface area contributed by atoms with Crippen molar-refractivity contribution in [2.24, 2.45) is 5.18 Å². The van der Waals surface area contributed by atoms with Crippen LogP contribution in [0.5, 0.6) is 5.75 Å². The van der Waals surface area contributed by atoms with Crippen LogP contribution in [0.15, 0.2) is 53.7 Å². The monoisotopic (exact) mass is 266 g/mol. The van der Waals surface area contributed by atoms with Gasteiger partial charge in [-0.15, -0.1) is 4.91 Å². The van der Waals surface area contributed by atoms with Gasteiger partial charge in [-0.1, -0.05) is 42.0 Å². The Bertz CT molecular complexity index is 612. The quantitative estimate of drug-likeness (QED) is 0.771. The Morgan fingerprint density at radius 1 is 1.15 bits per heavy atom. The molecule has 0 saturated heterocycles. The number of hydrogen-bond donors (Lipinski definition) is 0. The first kappa shape index (κ1) is 13.8. The van der Waals surface area contributed by atoms with Crippen LogP contribution < -0.4 is 4.74 Å². The van der Waals surface area contributed by atoms with Crippen molar-refractivity contribution in [3.8, 4) is 11.8 Å². The summed E-state index contributed by atoms with van der Waals surface area (Å²) in [6.45, 7) is 2.46. The van der Waals surface area contributed by atoms with E-state index < -0.39 is 6.04 Å². The van der Waals surface area contributed by atoms with Crippen LogP contribution in [-0.4, -0.2) is 0 Å². The Morgan fingerprint density at radius 2 is 1.80 bits per heavy atom. The summed E-state index contributed by atoms with van der Waals surface area (Å²) in [5.41, 5.74) is 2.75. The largest absolute Gasteiger partial charge is 0.489 e. The maximum Gasteiger partial charge on any atom is 0.203 e. The molecule has 2 aromatic carbocycles. The van der Waals surface area contributed by atoms with E-state index in [-0.39, 0.29) is 0 Å². The van der Waals surface area contributed by atoms with Gasteiger partial charge in [0.05, 0.1) is 6.07 Å². The molecule has 0 spiro atoms. The molecule has 0 heterocycles. The number of nitroso groups, excluding NO2 is 1. The predicted octanol–water partition coefficient (Wildman–Crippen LogP) is 3.91.